The number of amides is 2. The fourth-order valence-corrected chi connectivity index (χ4v) is 3.46. The van der Waals surface area contributed by atoms with Crippen LogP contribution < -0.4 is 10.1 Å². The summed E-state index contributed by atoms with van der Waals surface area (Å²) in [6.45, 7) is 11.2. The van der Waals surface area contributed by atoms with Crippen LogP contribution in [0.1, 0.15) is 44.4 Å². The third kappa shape index (κ3) is 7.15. The summed E-state index contributed by atoms with van der Waals surface area (Å²) in [6, 6.07) is 10.0. The number of carbonyl (C=O) groups excluding carboxylic acids is 2. The maximum Gasteiger partial charge on any atom is 0.261 e. The molecule has 2 aromatic rings. The quantitative estimate of drug-likeness (QED) is 0.602. The van der Waals surface area contributed by atoms with Gasteiger partial charge < -0.3 is 15.0 Å². The summed E-state index contributed by atoms with van der Waals surface area (Å²) < 4.78 is 5.72. The zero-order valence-electron chi connectivity index (χ0n) is 18.9. The van der Waals surface area contributed by atoms with Crippen LogP contribution in [0.5, 0.6) is 5.75 Å². The van der Waals surface area contributed by atoms with Crippen molar-refractivity contribution in [2.75, 3.05) is 6.61 Å². The molecule has 0 unspecified atom stereocenters. The molecule has 0 heterocycles. The first-order valence-corrected chi connectivity index (χ1v) is 10.9. The van der Waals surface area contributed by atoms with Crippen molar-refractivity contribution in [2.24, 2.45) is 0 Å². The third-order valence-electron chi connectivity index (χ3n) is 4.90. The van der Waals surface area contributed by atoms with E-state index in [0.29, 0.717) is 21.4 Å². The van der Waals surface area contributed by atoms with Crippen molar-refractivity contribution in [1.29, 1.82) is 0 Å². The highest BCUT2D eigenvalue weighted by Crippen LogP contribution is 2.27. The van der Waals surface area contributed by atoms with Crippen molar-refractivity contribution in [3.63, 3.8) is 0 Å². The SMILES string of the molecule is Cc1ccc(OCC(=O)N(Cc2c(Cl)cccc2Cl)[C@@H](C)C(=O)NC(C)(C)C)cc1C. The maximum atomic E-state index is 13.1. The molecule has 0 spiro atoms. The van der Waals surface area contributed by atoms with Gasteiger partial charge in [-0.15, -0.1) is 0 Å². The molecule has 0 aliphatic carbocycles. The number of halogens is 2. The van der Waals surface area contributed by atoms with Crippen molar-refractivity contribution in [2.45, 2.75) is 59.7 Å². The Morgan fingerprint density at radius 3 is 2.23 bits per heavy atom. The molecule has 0 aromatic heterocycles. The van der Waals surface area contributed by atoms with E-state index in [1.807, 2.05) is 52.8 Å². The molecule has 0 saturated carbocycles. The summed E-state index contributed by atoms with van der Waals surface area (Å²) in [5.41, 5.74) is 2.36. The van der Waals surface area contributed by atoms with E-state index in [0.717, 1.165) is 11.1 Å². The average molecular weight is 465 g/mol. The summed E-state index contributed by atoms with van der Waals surface area (Å²) in [4.78, 5) is 27.4. The van der Waals surface area contributed by atoms with Gasteiger partial charge in [0.15, 0.2) is 6.61 Å². The molecule has 0 radical (unpaired) electrons. The molecule has 1 N–H and O–H groups in total. The Morgan fingerprint density at radius 1 is 1.06 bits per heavy atom. The summed E-state index contributed by atoms with van der Waals surface area (Å²) >= 11 is 12.6. The predicted octanol–water partition coefficient (Wildman–Crippen LogP) is 5.32. The topological polar surface area (TPSA) is 58.6 Å². The van der Waals surface area contributed by atoms with Gasteiger partial charge in [0.2, 0.25) is 5.91 Å². The summed E-state index contributed by atoms with van der Waals surface area (Å²) in [7, 11) is 0. The standard InChI is InChI=1S/C24H30Cl2N2O3/c1-15-10-11-18(12-16(15)2)31-14-22(29)28(17(3)23(30)27-24(4,5)6)13-19-20(25)8-7-9-21(19)26/h7-12,17H,13-14H2,1-6H3,(H,27,30)/t17-/m0/s1. The van der Waals surface area contributed by atoms with E-state index < -0.39 is 11.6 Å². The second kappa shape index (κ2) is 10.4. The Morgan fingerprint density at radius 2 is 1.68 bits per heavy atom. The number of rotatable bonds is 7. The van der Waals surface area contributed by atoms with Gasteiger partial charge in [0.1, 0.15) is 11.8 Å². The van der Waals surface area contributed by atoms with Gasteiger partial charge >= 0.3 is 0 Å². The van der Waals surface area contributed by atoms with Crippen LogP contribution in [-0.2, 0) is 16.1 Å². The molecule has 0 aliphatic rings. The Bertz CT molecular complexity index is 934. The Hall–Kier alpha value is -2.24. The summed E-state index contributed by atoms with van der Waals surface area (Å²) in [5.74, 6) is -0.0139. The van der Waals surface area contributed by atoms with E-state index in [9.17, 15) is 9.59 Å². The number of hydrogen-bond donors (Lipinski definition) is 1. The highest BCUT2D eigenvalue weighted by atomic mass is 35.5. The monoisotopic (exact) mass is 464 g/mol. The van der Waals surface area contributed by atoms with Crippen LogP contribution in [0.15, 0.2) is 36.4 Å². The third-order valence-corrected chi connectivity index (χ3v) is 5.60. The maximum absolute atomic E-state index is 13.1. The minimum Gasteiger partial charge on any atom is -0.484 e. The summed E-state index contributed by atoms with van der Waals surface area (Å²) in [5, 5.41) is 3.79. The van der Waals surface area contributed by atoms with E-state index in [2.05, 4.69) is 5.32 Å². The molecular formula is C24H30Cl2N2O3. The predicted molar refractivity (Wildman–Crippen MR) is 126 cm³/mol. The first kappa shape index (κ1) is 25.0. The van der Waals surface area contributed by atoms with Gasteiger partial charge in [0.25, 0.3) is 5.91 Å². The number of benzene rings is 2. The van der Waals surface area contributed by atoms with Gasteiger partial charge in [-0.05, 0) is 76.9 Å². The molecule has 31 heavy (non-hydrogen) atoms. The molecule has 0 fully saturated rings. The molecule has 2 aromatic carbocycles. The van der Waals surface area contributed by atoms with Gasteiger partial charge in [-0.1, -0.05) is 35.3 Å². The van der Waals surface area contributed by atoms with Crippen molar-refractivity contribution >= 4 is 35.0 Å². The van der Waals surface area contributed by atoms with Gasteiger partial charge in [-0.25, -0.2) is 0 Å². The zero-order chi connectivity index (χ0) is 23.3. The number of ether oxygens (including phenoxy) is 1. The van der Waals surface area contributed by atoms with E-state index in [-0.39, 0.29) is 25.0 Å². The van der Waals surface area contributed by atoms with Gasteiger partial charge in [0, 0.05) is 27.7 Å². The molecule has 2 rings (SSSR count). The minimum absolute atomic E-state index is 0.0896. The van der Waals surface area contributed by atoms with E-state index in [1.54, 1.807) is 25.1 Å². The lowest BCUT2D eigenvalue weighted by Gasteiger charge is -2.31. The smallest absolute Gasteiger partial charge is 0.261 e. The highest BCUT2D eigenvalue weighted by molar-refractivity contribution is 6.36. The second-order valence-electron chi connectivity index (χ2n) is 8.67. The lowest BCUT2D eigenvalue weighted by atomic mass is 10.1. The first-order chi connectivity index (χ1) is 14.4. The number of nitrogens with one attached hydrogen (secondary N) is 1. The second-order valence-corrected chi connectivity index (χ2v) is 9.49. The molecular weight excluding hydrogens is 435 g/mol. The molecule has 1 atom stereocenters. The fraction of sp³-hybridized carbons (Fsp3) is 0.417. The molecule has 168 valence electrons. The largest absolute Gasteiger partial charge is 0.484 e. The average Bonchev–Trinajstić information content (AvgIpc) is 2.66. The van der Waals surface area contributed by atoms with Crippen molar-refractivity contribution in [1.82, 2.24) is 10.2 Å². The number of aryl methyl sites for hydroxylation is 2. The Balaban J connectivity index is 2.25. The Labute approximate surface area is 194 Å². The lowest BCUT2D eigenvalue weighted by Crippen LogP contribution is -2.53. The number of carbonyl (C=O) groups is 2. The van der Waals surface area contributed by atoms with Gasteiger partial charge in [-0.2, -0.15) is 0 Å². The van der Waals surface area contributed by atoms with Crippen LogP contribution in [0, 0.1) is 13.8 Å². The van der Waals surface area contributed by atoms with Crippen molar-refractivity contribution in [3.05, 3.63) is 63.1 Å². The highest BCUT2D eigenvalue weighted by Gasteiger charge is 2.29. The van der Waals surface area contributed by atoms with E-state index in [1.165, 1.54) is 4.90 Å². The molecule has 0 saturated heterocycles. The molecule has 0 aliphatic heterocycles. The summed E-state index contributed by atoms with van der Waals surface area (Å²) in [6.07, 6.45) is 0. The van der Waals surface area contributed by atoms with Crippen LogP contribution >= 0.6 is 23.2 Å². The van der Waals surface area contributed by atoms with Crippen LogP contribution in [0.25, 0.3) is 0 Å². The molecule has 2 amide bonds. The number of nitrogens with zero attached hydrogens (tertiary/aromatic N) is 1. The van der Waals surface area contributed by atoms with E-state index in [4.69, 9.17) is 27.9 Å². The fourth-order valence-electron chi connectivity index (χ4n) is 2.94. The molecule has 5 nitrogen and oxygen atoms in total. The van der Waals surface area contributed by atoms with Crippen LogP contribution in [0.3, 0.4) is 0 Å². The Kier molecular flexibility index (Phi) is 8.38. The van der Waals surface area contributed by atoms with Crippen LogP contribution in [-0.4, -0.2) is 34.9 Å². The van der Waals surface area contributed by atoms with Gasteiger partial charge in [-0.3, -0.25) is 9.59 Å². The molecule has 0 bridgehead atoms. The van der Waals surface area contributed by atoms with Crippen molar-refractivity contribution < 1.29 is 14.3 Å². The van der Waals surface area contributed by atoms with Crippen LogP contribution in [0.2, 0.25) is 10.0 Å². The van der Waals surface area contributed by atoms with E-state index >= 15 is 0 Å². The number of hydrogen-bond acceptors (Lipinski definition) is 3. The van der Waals surface area contributed by atoms with Gasteiger partial charge in [0.05, 0.1) is 0 Å². The zero-order valence-corrected chi connectivity index (χ0v) is 20.4. The first-order valence-electron chi connectivity index (χ1n) is 10.1. The normalized spacial score (nSPS) is 12.3. The minimum atomic E-state index is -0.748. The molecule has 7 heteroatoms. The van der Waals surface area contributed by atoms with Crippen molar-refractivity contribution in [3.8, 4) is 5.75 Å². The van der Waals surface area contributed by atoms with Crippen LogP contribution in [0.4, 0.5) is 0 Å². The lowest BCUT2D eigenvalue weighted by molar-refractivity contribution is -0.142.